The van der Waals surface area contributed by atoms with Gasteiger partial charge in [0.15, 0.2) is 0 Å². The third-order valence-corrected chi connectivity index (χ3v) is 2.28. The Morgan fingerprint density at radius 3 is 2.88 bits per heavy atom. The molecule has 0 amide bonds. The van der Waals surface area contributed by atoms with Gasteiger partial charge in [-0.1, -0.05) is 6.08 Å². The SMILES string of the molecule is CC=Nc1c(/C=C\C)ncc2ccncc12. The van der Waals surface area contributed by atoms with Crippen LogP contribution in [0, 0.1) is 0 Å². The maximum absolute atomic E-state index is 4.39. The molecule has 0 aromatic carbocycles. The Morgan fingerprint density at radius 2 is 2.12 bits per heavy atom. The molecular weight excluding hydrogens is 198 g/mol. The lowest BCUT2D eigenvalue weighted by Crippen LogP contribution is -1.85. The van der Waals surface area contributed by atoms with Gasteiger partial charge < -0.3 is 0 Å². The van der Waals surface area contributed by atoms with Crippen LogP contribution < -0.4 is 0 Å². The van der Waals surface area contributed by atoms with Crippen molar-refractivity contribution in [2.45, 2.75) is 13.8 Å². The van der Waals surface area contributed by atoms with Crippen molar-refractivity contribution in [1.82, 2.24) is 9.97 Å². The molecule has 0 saturated heterocycles. The molecule has 0 bridgehead atoms. The lowest BCUT2D eigenvalue weighted by atomic mass is 10.1. The Hall–Kier alpha value is -2.03. The molecular formula is C13H13N3. The van der Waals surface area contributed by atoms with Crippen LogP contribution in [0.15, 0.2) is 35.7 Å². The molecule has 0 radical (unpaired) electrons. The molecule has 3 heteroatoms. The summed E-state index contributed by atoms with van der Waals surface area (Å²) in [5, 5.41) is 2.09. The molecule has 2 aromatic heterocycles. The van der Waals surface area contributed by atoms with E-state index < -0.39 is 0 Å². The minimum atomic E-state index is 0.876. The van der Waals surface area contributed by atoms with Crippen LogP contribution in [0.2, 0.25) is 0 Å². The quantitative estimate of drug-likeness (QED) is 0.714. The molecule has 3 nitrogen and oxygen atoms in total. The number of fused-ring (bicyclic) bond motifs is 1. The Labute approximate surface area is 94.6 Å². The molecule has 0 saturated carbocycles. The molecule has 0 aliphatic carbocycles. The standard InChI is InChI=1S/C13H13N3/c1-3-5-12-13(15-4-2)11-9-14-7-6-10(11)8-16-12/h3-9H,1-2H3/b5-3-,15-4?. The fourth-order valence-corrected chi connectivity index (χ4v) is 1.60. The van der Waals surface area contributed by atoms with Crippen molar-refractivity contribution in [2.24, 2.45) is 4.99 Å². The van der Waals surface area contributed by atoms with Crippen molar-refractivity contribution < 1.29 is 0 Å². The number of pyridine rings is 2. The minimum absolute atomic E-state index is 0.876. The van der Waals surface area contributed by atoms with E-state index in [1.165, 1.54) is 0 Å². The van der Waals surface area contributed by atoms with E-state index in [9.17, 15) is 0 Å². The summed E-state index contributed by atoms with van der Waals surface area (Å²) in [4.78, 5) is 12.9. The zero-order valence-corrected chi connectivity index (χ0v) is 9.38. The van der Waals surface area contributed by atoms with Crippen LogP contribution in [-0.2, 0) is 0 Å². The molecule has 0 N–H and O–H groups in total. The summed E-state index contributed by atoms with van der Waals surface area (Å²) in [7, 11) is 0. The van der Waals surface area contributed by atoms with Crippen molar-refractivity contribution in [1.29, 1.82) is 0 Å². The summed E-state index contributed by atoms with van der Waals surface area (Å²) in [6.07, 6.45) is 11.1. The molecule has 2 aromatic rings. The second-order valence-electron chi connectivity index (χ2n) is 3.34. The molecule has 0 fully saturated rings. The zero-order valence-electron chi connectivity index (χ0n) is 9.38. The number of aromatic nitrogens is 2. The fourth-order valence-electron chi connectivity index (χ4n) is 1.60. The third kappa shape index (κ3) is 1.84. The van der Waals surface area contributed by atoms with Gasteiger partial charge in [0, 0.05) is 35.6 Å². The van der Waals surface area contributed by atoms with Gasteiger partial charge in [-0.3, -0.25) is 15.0 Å². The van der Waals surface area contributed by atoms with Crippen LogP contribution in [-0.4, -0.2) is 16.2 Å². The van der Waals surface area contributed by atoms with Gasteiger partial charge in [0.1, 0.15) is 0 Å². The fraction of sp³-hybridized carbons (Fsp3) is 0.154. The average Bonchev–Trinajstić information content (AvgIpc) is 2.32. The smallest absolute Gasteiger partial charge is 0.0976 e. The van der Waals surface area contributed by atoms with Crippen molar-refractivity contribution in [2.75, 3.05) is 0 Å². The molecule has 16 heavy (non-hydrogen) atoms. The van der Waals surface area contributed by atoms with Gasteiger partial charge in [-0.25, -0.2) is 0 Å². The summed E-state index contributed by atoms with van der Waals surface area (Å²) in [6.45, 7) is 3.86. The molecule has 0 unspecified atom stereocenters. The van der Waals surface area contributed by atoms with Crippen molar-refractivity contribution >= 4 is 28.8 Å². The first-order chi connectivity index (χ1) is 7.86. The summed E-state index contributed by atoms with van der Waals surface area (Å²) < 4.78 is 0. The maximum atomic E-state index is 4.39. The molecule has 0 atom stereocenters. The molecule has 0 aliphatic heterocycles. The van der Waals surface area contributed by atoms with Gasteiger partial charge in [0.2, 0.25) is 0 Å². The second-order valence-corrected chi connectivity index (χ2v) is 3.34. The summed E-state index contributed by atoms with van der Waals surface area (Å²) in [5.74, 6) is 0. The topological polar surface area (TPSA) is 38.1 Å². The zero-order chi connectivity index (χ0) is 11.4. The predicted molar refractivity (Wildman–Crippen MR) is 68.1 cm³/mol. The lowest BCUT2D eigenvalue weighted by molar-refractivity contribution is 1.28. The Morgan fingerprint density at radius 1 is 1.25 bits per heavy atom. The van der Waals surface area contributed by atoms with Gasteiger partial charge >= 0.3 is 0 Å². The molecule has 2 rings (SSSR count). The van der Waals surface area contributed by atoms with Crippen LogP contribution in [0.3, 0.4) is 0 Å². The first kappa shape index (κ1) is 10.5. The second kappa shape index (κ2) is 4.66. The minimum Gasteiger partial charge on any atom is -0.264 e. The highest BCUT2D eigenvalue weighted by atomic mass is 14.8. The highest BCUT2D eigenvalue weighted by Crippen LogP contribution is 2.28. The van der Waals surface area contributed by atoms with E-state index in [0.29, 0.717) is 0 Å². The van der Waals surface area contributed by atoms with Crippen LogP contribution in [0.5, 0.6) is 0 Å². The van der Waals surface area contributed by atoms with Crippen molar-refractivity contribution in [3.63, 3.8) is 0 Å². The number of aliphatic imine (C=N–C) groups is 1. The first-order valence-corrected chi connectivity index (χ1v) is 5.21. The van der Waals surface area contributed by atoms with E-state index in [4.69, 9.17) is 0 Å². The van der Waals surface area contributed by atoms with Crippen molar-refractivity contribution in [3.05, 3.63) is 36.4 Å². The monoisotopic (exact) mass is 211 g/mol. The van der Waals surface area contributed by atoms with Crippen LogP contribution in [0.1, 0.15) is 19.5 Å². The Bertz CT molecular complexity index is 556. The van der Waals surface area contributed by atoms with E-state index in [1.807, 2.05) is 44.5 Å². The molecule has 0 spiro atoms. The van der Waals surface area contributed by atoms with E-state index in [-0.39, 0.29) is 0 Å². The largest absolute Gasteiger partial charge is 0.264 e. The van der Waals surface area contributed by atoms with E-state index in [0.717, 1.165) is 22.2 Å². The number of allylic oxidation sites excluding steroid dienone is 1. The Balaban J connectivity index is 2.78. The molecule has 80 valence electrons. The van der Waals surface area contributed by atoms with Gasteiger partial charge in [-0.2, -0.15) is 0 Å². The van der Waals surface area contributed by atoms with Crippen LogP contribution in [0.25, 0.3) is 16.8 Å². The molecule has 0 aliphatic rings. The summed E-state index contributed by atoms with van der Waals surface area (Å²) >= 11 is 0. The van der Waals surface area contributed by atoms with E-state index in [1.54, 1.807) is 12.4 Å². The van der Waals surface area contributed by atoms with Gasteiger partial charge in [-0.15, -0.1) is 0 Å². The third-order valence-electron chi connectivity index (χ3n) is 2.28. The predicted octanol–water partition coefficient (Wildman–Crippen LogP) is 3.39. The van der Waals surface area contributed by atoms with Crippen molar-refractivity contribution in [3.8, 4) is 0 Å². The van der Waals surface area contributed by atoms with Crippen LogP contribution >= 0.6 is 0 Å². The highest BCUT2D eigenvalue weighted by Gasteiger charge is 2.05. The van der Waals surface area contributed by atoms with E-state index >= 15 is 0 Å². The average molecular weight is 211 g/mol. The normalized spacial score (nSPS) is 11.9. The van der Waals surface area contributed by atoms with Gasteiger partial charge in [-0.05, 0) is 26.0 Å². The number of nitrogens with zero attached hydrogens (tertiary/aromatic N) is 3. The van der Waals surface area contributed by atoms with E-state index in [2.05, 4.69) is 15.0 Å². The number of hydrogen-bond acceptors (Lipinski definition) is 3. The maximum Gasteiger partial charge on any atom is 0.0976 e. The first-order valence-electron chi connectivity index (χ1n) is 5.21. The van der Waals surface area contributed by atoms with Crippen LogP contribution in [0.4, 0.5) is 5.69 Å². The summed E-state index contributed by atoms with van der Waals surface area (Å²) in [6, 6.07) is 1.94. The van der Waals surface area contributed by atoms with Gasteiger partial charge in [0.25, 0.3) is 0 Å². The summed E-state index contributed by atoms with van der Waals surface area (Å²) in [5.41, 5.74) is 1.76. The molecule has 2 heterocycles. The number of rotatable bonds is 2. The van der Waals surface area contributed by atoms with Gasteiger partial charge in [0.05, 0.1) is 11.4 Å². The Kier molecular flexibility index (Phi) is 3.05. The highest BCUT2D eigenvalue weighted by molar-refractivity contribution is 5.95. The lowest BCUT2D eigenvalue weighted by Gasteiger charge is -2.04. The number of hydrogen-bond donors (Lipinski definition) is 0.